The van der Waals surface area contributed by atoms with Gasteiger partial charge in [0.1, 0.15) is 0 Å². The third-order valence-corrected chi connectivity index (χ3v) is 8.20. The molecule has 0 saturated heterocycles. The smallest absolute Gasteiger partial charge is 0.550 e. The van der Waals surface area contributed by atoms with Gasteiger partial charge in [-0.1, -0.05) is 25.3 Å². The van der Waals surface area contributed by atoms with Gasteiger partial charge in [-0.3, -0.25) is 0 Å². The topological polar surface area (TPSA) is 138 Å². The summed E-state index contributed by atoms with van der Waals surface area (Å²) in [4.78, 5) is 39.7. The zero-order chi connectivity index (χ0) is 30.3. The SMILES string of the molecule is C=Cc1c(C)c2cc3[nH]c(cc4nc(cc5nc(cc1[nH]2)C(C)=C5CCC(=O)[O-])C(CCC(=O)[O-])=C4C)c(C)c3C=C.[Sn+2]. The molecular formula is C34H32N4O4Sn. The molecule has 8 bridgehead atoms. The van der Waals surface area contributed by atoms with Crippen LogP contribution in [-0.2, 0) is 9.59 Å². The number of H-pyrrole nitrogens is 2. The van der Waals surface area contributed by atoms with Crippen molar-refractivity contribution in [2.24, 2.45) is 0 Å². The zero-order valence-electron chi connectivity index (χ0n) is 24.7. The summed E-state index contributed by atoms with van der Waals surface area (Å²) in [6.45, 7) is 16.0. The number of aryl methyl sites for hydroxylation is 2. The minimum Gasteiger partial charge on any atom is -0.550 e. The predicted octanol–water partition coefficient (Wildman–Crippen LogP) is 4.76. The van der Waals surface area contributed by atoms with Crippen LogP contribution in [0.3, 0.4) is 0 Å². The van der Waals surface area contributed by atoms with E-state index >= 15 is 0 Å². The fraction of sp³-hybridized carbons (Fsp3) is 0.235. The van der Waals surface area contributed by atoms with E-state index in [-0.39, 0.29) is 49.6 Å². The molecule has 2 aliphatic rings. The molecule has 5 heterocycles. The molecule has 2 aliphatic heterocycles. The number of carboxylic acids is 2. The van der Waals surface area contributed by atoms with Crippen LogP contribution in [0.5, 0.6) is 0 Å². The van der Waals surface area contributed by atoms with E-state index < -0.39 is 11.9 Å². The van der Waals surface area contributed by atoms with Gasteiger partial charge in [-0.15, -0.1) is 0 Å². The first-order chi connectivity index (χ1) is 20.0. The van der Waals surface area contributed by atoms with Crippen LogP contribution in [0.1, 0.15) is 84.6 Å². The number of carbonyl (C=O) groups is 2. The third kappa shape index (κ3) is 6.01. The summed E-state index contributed by atoms with van der Waals surface area (Å²) in [6.07, 6.45) is 3.79. The van der Waals surface area contributed by atoms with Gasteiger partial charge in [0.25, 0.3) is 0 Å². The van der Waals surface area contributed by atoms with Gasteiger partial charge in [0.05, 0.1) is 22.8 Å². The summed E-state index contributed by atoms with van der Waals surface area (Å²) in [5.74, 6) is -2.29. The van der Waals surface area contributed by atoms with Crippen LogP contribution in [-0.4, -0.2) is 55.8 Å². The van der Waals surface area contributed by atoms with Gasteiger partial charge in [-0.25, -0.2) is 9.97 Å². The molecule has 0 amide bonds. The fourth-order valence-electron chi connectivity index (χ4n) is 5.76. The van der Waals surface area contributed by atoms with Crippen LogP contribution in [0, 0.1) is 13.8 Å². The standard InChI is InChI=1S/C34H34N4O4.Sn/c1-7-21-17(3)25-13-26-19(5)23(9-11-33(39)40)31(37-26)16-32-24(10-12-34(41)42)20(6)28(38-32)15-30-22(8-2)18(4)27(36-30)14-29(21)35-25;/h7-8,13-16,35-36H,1-2,9-12H2,3-6H3,(H,39,40)(H,41,42);/q;+2/p-2. The Labute approximate surface area is 267 Å². The number of rotatable bonds is 8. The van der Waals surface area contributed by atoms with E-state index in [0.29, 0.717) is 22.8 Å². The van der Waals surface area contributed by atoms with Crippen LogP contribution in [0.25, 0.3) is 56.5 Å². The Balaban J connectivity index is 0.00000423. The second kappa shape index (κ2) is 12.6. The summed E-state index contributed by atoms with van der Waals surface area (Å²) in [7, 11) is 0. The van der Waals surface area contributed by atoms with Crippen LogP contribution in [0.2, 0.25) is 0 Å². The number of allylic oxidation sites excluding steroid dienone is 4. The fourth-order valence-corrected chi connectivity index (χ4v) is 5.76. The first kappa shape index (κ1) is 31.7. The zero-order valence-corrected chi connectivity index (χ0v) is 27.6. The molecule has 0 aliphatic carbocycles. The summed E-state index contributed by atoms with van der Waals surface area (Å²) in [5.41, 5.74) is 13.3. The van der Waals surface area contributed by atoms with Gasteiger partial charge in [0.15, 0.2) is 0 Å². The Morgan fingerprint density at radius 1 is 0.674 bits per heavy atom. The normalized spacial score (nSPS) is 12.7. The van der Waals surface area contributed by atoms with E-state index in [4.69, 9.17) is 9.97 Å². The van der Waals surface area contributed by atoms with Gasteiger partial charge in [0, 0.05) is 45.1 Å². The minimum absolute atomic E-state index is 0. The van der Waals surface area contributed by atoms with Gasteiger partial charge in [-0.2, -0.15) is 0 Å². The Morgan fingerprint density at radius 2 is 1.07 bits per heavy atom. The maximum absolute atomic E-state index is 11.4. The van der Waals surface area contributed by atoms with Crippen LogP contribution < -0.4 is 10.2 Å². The molecule has 2 radical (unpaired) electrons. The van der Waals surface area contributed by atoms with Gasteiger partial charge in [0.2, 0.25) is 0 Å². The predicted molar refractivity (Wildman–Crippen MR) is 170 cm³/mol. The number of carbonyl (C=O) groups excluding carboxylic acids is 2. The van der Waals surface area contributed by atoms with E-state index in [1.165, 1.54) is 0 Å². The molecule has 0 unspecified atom stereocenters. The monoisotopic (exact) mass is 680 g/mol. The summed E-state index contributed by atoms with van der Waals surface area (Å²) in [5, 5.41) is 22.8. The molecule has 0 fully saturated rings. The van der Waals surface area contributed by atoms with Crippen LogP contribution in [0.15, 0.2) is 37.4 Å². The Kier molecular flexibility index (Phi) is 9.29. The molecule has 9 heteroatoms. The van der Waals surface area contributed by atoms with Crippen molar-refractivity contribution in [3.63, 3.8) is 0 Å². The molecule has 216 valence electrons. The van der Waals surface area contributed by atoms with Crippen molar-refractivity contribution >= 4 is 92.4 Å². The van der Waals surface area contributed by atoms with Crippen molar-refractivity contribution in [3.05, 3.63) is 82.5 Å². The van der Waals surface area contributed by atoms with Crippen molar-refractivity contribution in [3.8, 4) is 0 Å². The number of nitrogens with one attached hydrogen (secondary N) is 2. The molecule has 0 aromatic carbocycles. The molecule has 5 rings (SSSR count). The number of nitrogens with zero attached hydrogens (tertiary/aromatic N) is 2. The second-order valence-electron chi connectivity index (χ2n) is 10.7. The first-order valence-electron chi connectivity index (χ1n) is 13.8. The van der Waals surface area contributed by atoms with E-state index in [0.717, 1.165) is 66.6 Å². The number of aliphatic carboxylic acids is 2. The van der Waals surface area contributed by atoms with Crippen molar-refractivity contribution in [2.75, 3.05) is 0 Å². The first-order valence-corrected chi connectivity index (χ1v) is 13.8. The summed E-state index contributed by atoms with van der Waals surface area (Å²) in [6, 6.07) is 7.78. The van der Waals surface area contributed by atoms with Gasteiger partial charge in [-0.05, 0) is 111 Å². The summed E-state index contributed by atoms with van der Waals surface area (Å²) >= 11 is 0. The molecule has 2 N–H and O–H groups in total. The average molecular weight is 679 g/mol. The number of carboxylic acid groups (broad SMARTS) is 2. The van der Waals surface area contributed by atoms with E-state index in [9.17, 15) is 19.8 Å². The average Bonchev–Trinajstić information content (AvgIpc) is 3.59. The van der Waals surface area contributed by atoms with Crippen LogP contribution >= 0.6 is 0 Å². The molecule has 8 nitrogen and oxygen atoms in total. The maximum atomic E-state index is 11.4. The number of aromatic amines is 2. The van der Waals surface area contributed by atoms with E-state index in [1.54, 1.807) is 6.08 Å². The summed E-state index contributed by atoms with van der Waals surface area (Å²) < 4.78 is 0. The van der Waals surface area contributed by atoms with Crippen molar-refractivity contribution in [2.45, 2.75) is 53.4 Å². The molecule has 0 saturated carbocycles. The minimum atomic E-state index is -1.15. The molecule has 0 spiro atoms. The number of hydrogen-bond donors (Lipinski definition) is 2. The van der Waals surface area contributed by atoms with Gasteiger partial charge < -0.3 is 29.8 Å². The molecule has 3 aromatic heterocycles. The van der Waals surface area contributed by atoms with Crippen molar-refractivity contribution in [1.82, 2.24) is 19.9 Å². The molecular weight excluding hydrogens is 647 g/mol. The Morgan fingerprint density at radius 3 is 1.49 bits per heavy atom. The number of aromatic nitrogens is 4. The molecule has 0 atom stereocenters. The maximum Gasteiger partial charge on any atom is 2.00 e. The van der Waals surface area contributed by atoms with Crippen molar-refractivity contribution < 1.29 is 19.8 Å². The number of fused-ring (bicyclic) bond motifs is 8. The van der Waals surface area contributed by atoms with Crippen LogP contribution in [0.4, 0.5) is 0 Å². The Bertz CT molecular complexity index is 1920. The number of hydrogen-bond acceptors (Lipinski definition) is 6. The van der Waals surface area contributed by atoms with E-state index in [2.05, 4.69) is 23.1 Å². The largest absolute Gasteiger partial charge is 2.00 e. The second-order valence-corrected chi connectivity index (χ2v) is 10.7. The Hall–Kier alpha value is -4.18. The molecule has 3 aromatic rings. The quantitative estimate of drug-likeness (QED) is 0.330. The van der Waals surface area contributed by atoms with E-state index in [1.807, 2.05) is 58.0 Å². The molecule has 43 heavy (non-hydrogen) atoms. The van der Waals surface area contributed by atoms with Gasteiger partial charge >= 0.3 is 23.9 Å². The third-order valence-electron chi connectivity index (χ3n) is 8.20. The van der Waals surface area contributed by atoms with Crippen molar-refractivity contribution in [1.29, 1.82) is 0 Å².